The molecule has 0 bridgehead atoms. The van der Waals surface area contributed by atoms with Gasteiger partial charge in [-0.2, -0.15) is 0 Å². The zero-order valence-electron chi connectivity index (χ0n) is 17.0. The Hall–Kier alpha value is -3.29. The zero-order chi connectivity index (χ0) is 21.4. The summed E-state index contributed by atoms with van der Waals surface area (Å²) in [6.07, 6.45) is 0. The van der Waals surface area contributed by atoms with Crippen LogP contribution in [0.1, 0.15) is 24.2 Å². The number of halogens is 1. The average Bonchev–Trinajstić information content (AvgIpc) is 2.69. The number of carbonyl (C=O) groups is 2. The van der Waals surface area contributed by atoms with Gasteiger partial charge in [0.05, 0.1) is 26.9 Å². The van der Waals surface area contributed by atoms with Gasteiger partial charge in [0.1, 0.15) is 0 Å². The molecule has 2 rings (SSSR count). The van der Waals surface area contributed by atoms with Gasteiger partial charge in [-0.3, -0.25) is 9.59 Å². The molecule has 1 N–H and O–H groups in total. The van der Waals surface area contributed by atoms with Crippen LogP contribution in [0.2, 0.25) is 0 Å². The van der Waals surface area contributed by atoms with Crippen molar-refractivity contribution in [3.63, 3.8) is 0 Å². The van der Waals surface area contributed by atoms with E-state index >= 15 is 0 Å². The molecule has 2 amide bonds. The van der Waals surface area contributed by atoms with Crippen LogP contribution in [0.3, 0.4) is 0 Å². The minimum absolute atomic E-state index is 0.0440. The molecule has 0 heterocycles. The summed E-state index contributed by atoms with van der Waals surface area (Å²) in [5.41, 5.74) is 0.636. The standard InChI is InChI=1S/C21H25FN2O5/c1-5-28-18-10-8-15(12-19(18)29-6-2)23-20(25)13-24(3)21(26)14-7-9-17(27-4)16(22)11-14/h7-12H,5-6,13H2,1-4H3,(H,23,25). The summed E-state index contributed by atoms with van der Waals surface area (Å²) in [7, 11) is 2.81. The van der Waals surface area contributed by atoms with Crippen molar-refractivity contribution < 1.29 is 28.2 Å². The van der Waals surface area contributed by atoms with Gasteiger partial charge in [-0.05, 0) is 44.2 Å². The maximum atomic E-state index is 13.8. The summed E-state index contributed by atoms with van der Waals surface area (Å²) < 4.78 is 29.7. The lowest BCUT2D eigenvalue weighted by Crippen LogP contribution is -2.35. The van der Waals surface area contributed by atoms with Crippen molar-refractivity contribution in [3.8, 4) is 17.2 Å². The third-order valence-electron chi connectivity index (χ3n) is 3.95. The lowest BCUT2D eigenvalue weighted by molar-refractivity contribution is -0.116. The maximum absolute atomic E-state index is 13.8. The summed E-state index contributed by atoms with van der Waals surface area (Å²) in [6, 6.07) is 8.94. The second-order valence-corrected chi connectivity index (χ2v) is 6.09. The first-order valence-electron chi connectivity index (χ1n) is 9.18. The van der Waals surface area contributed by atoms with Gasteiger partial charge in [0.15, 0.2) is 23.1 Å². The minimum Gasteiger partial charge on any atom is -0.494 e. The summed E-state index contributed by atoms with van der Waals surface area (Å²) in [5, 5.41) is 2.71. The molecule has 0 spiro atoms. The number of hydrogen-bond acceptors (Lipinski definition) is 5. The van der Waals surface area contributed by atoms with Crippen molar-refractivity contribution in [1.82, 2.24) is 4.90 Å². The number of hydrogen-bond donors (Lipinski definition) is 1. The summed E-state index contributed by atoms with van der Waals surface area (Å²) in [4.78, 5) is 26.0. The molecule has 2 aromatic rings. The highest BCUT2D eigenvalue weighted by atomic mass is 19.1. The number of amides is 2. The Labute approximate surface area is 169 Å². The molecule has 0 aliphatic carbocycles. The van der Waals surface area contributed by atoms with Crippen molar-refractivity contribution in [1.29, 1.82) is 0 Å². The van der Waals surface area contributed by atoms with Crippen molar-refractivity contribution in [2.24, 2.45) is 0 Å². The van der Waals surface area contributed by atoms with Gasteiger partial charge in [-0.15, -0.1) is 0 Å². The number of carbonyl (C=O) groups excluding carboxylic acids is 2. The Morgan fingerprint density at radius 2 is 1.66 bits per heavy atom. The first-order chi connectivity index (χ1) is 13.9. The van der Waals surface area contributed by atoms with Gasteiger partial charge in [0, 0.05) is 24.4 Å². The van der Waals surface area contributed by atoms with E-state index in [1.54, 1.807) is 18.2 Å². The van der Waals surface area contributed by atoms with Crippen LogP contribution < -0.4 is 19.5 Å². The average molecular weight is 404 g/mol. The molecule has 0 radical (unpaired) electrons. The SMILES string of the molecule is CCOc1ccc(NC(=O)CN(C)C(=O)c2ccc(OC)c(F)c2)cc1OCC. The van der Waals surface area contributed by atoms with Crippen molar-refractivity contribution in [3.05, 3.63) is 47.8 Å². The van der Waals surface area contributed by atoms with E-state index in [0.29, 0.717) is 30.4 Å². The molecule has 0 aromatic heterocycles. The van der Waals surface area contributed by atoms with E-state index in [1.165, 1.54) is 31.2 Å². The molecule has 8 heteroatoms. The highest BCUT2D eigenvalue weighted by Gasteiger charge is 2.17. The van der Waals surface area contributed by atoms with Gasteiger partial charge in [0.2, 0.25) is 5.91 Å². The molecule has 0 saturated heterocycles. The lowest BCUT2D eigenvalue weighted by Gasteiger charge is -2.18. The summed E-state index contributed by atoms with van der Waals surface area (Å²) >= 11 is 0. The van der Waals surface area contributed by atoms with E-state index in [9.17, 15) is 14.0 Å². The second-order valence-electron chi connectivity index (χ2n) is 6.09. The topological polar surface area (TPSA) is 77.1 Å². The fourth-order valence-electron chi connectivity index (χ4n) is 2.64. The predicted molar refractivity (Wildman–Crippen MR) is 107 cm³/mol. The molecule has 29 heavy (non-hydrogen) atoms. The van der Waals surface area contributed by atoms with Gasteiger partial charge in [-0.1, -0.05) is 0 Å². The van der Waals surface area contributed by atoms with E-state index in [-0.39, 0.29) is 17.9 Å². The largest absolute Gasteiger partial charge is 0.494 e. The molecule has 7 nitrogen and oxygen atoms in total. The molecule has 0 atom stereocenters. The first-order valence-corrected chi connectivity index (χ1v) is 9.18. The van der Waals surface area contributed by atoms with Crippen LogP contribution in [0, 0.1) is 5.82 Å². The Morgan fingerprint density at radius 3 is 2.28 bits per heavy atom. The molecule has 0 unspecified atom stereocenters. The van der Waals surface area contributed by atoms with Crippen molar-refractivity contribution in [2.45, 2.75) is 13.8 Å². The Bertz CT molecular complexity index is 872. The maximum Gasteiger partial charge on any atom is 0.254 e. The quantitative estimate of drug-likeness (QED) is 0.694. The molecule has 156 valence electrons. The molecule has 0 saturated carbocycles. The molecule has 0 fully saturated rings. The summed E-state index contributed by atoms with van der Waals surface area (Å²) in [6.45, 7) is 4.46. The smallest absolute Gasteiger partial charge is 0.254 e. The van der Waals surface area contributed by atoms with E-state index in [4.69, 9.17) is 14.2 Å². The molecule has 2 aromatic carbocycles. The predicted octanol–water partition coefficient (Wildman–Crippen LogP) is 3.34. The van der Waals surface area contributed by atoms with Gasteiger partial charge < -0.3 is 24.4 Å². The number of methoxy groups -OCH3 is 1. The van der Waals surface area contributed by atoms with E-state index in [0.717, 1.165) is 6.07 Å². The minimum atomic E-state index is -0.644. The molecular formula is C21H25FN2O5. The summed E-state index contributed by atoms with van der Waals surface area (Å²) in [5.74, 6) is -0.382. The molecule has 0 aliphatic rings. The number of nitrogens with one attached hydrogen (secondary N) is 1. The monoisotopic (exact) mass is 404 g/mol. The van der Waals surface area contributed by atoms with Crippen LogP contribution in [0.25, 0.3) is 0 Å². The first kappa shape index (κ1) is 22.0. The van der Waals surface area contributed by atoms with Crippen LogP contribution in [0.5, 0.6) is 17.2 Å². The van der Waals surface area contributed by atoms with Crippen LogP contribution in [0.15, 0.2) is 36.4 Å². The Morgan fingerprint density at radius 1 is 1.00 bits per heavy atom. The Balaban J connectivity index is 2.03. The Kier molecular flexibility index (Phi) is 7.82. The van der Waals surface area contributed by atoms with E-state index < -0.39 is 17.6 Å². The highest BCUT2D eigenvalue weighted by Crippen LogP contribution is 2.30. The van der Waals surface area contributed by atoms with E-state index in [1.807, 2.05) is 13.8 Å². The second kappa shape index (κ2) is 10.3. The number of ether oxygens (including phenoxy) is 3. The van der Waals surface area contributed by atoms with Crippen molar-refractivity contribution >= 4 is 17.5 Å². The number of nitrogens with zero attached hydrogens (tertiary/aromatic N) is 1. The van der Waals surface area contributed by atoms with Crippen LogP contribution >= 0.6 is 0 Å². The van der Waals surface area contributed by atoms with Gasteiger partial charge in [-0.25, -0.2) is 4.39 Å². The fourth-order valence-corrected chi connectivity index (χ4v) is 2.64. The van der Waals surface area contributed by atoms with Crippen LogP contribution in [-0.4, -0.2) is 50.6 Å². The third kappa shape index (κ3) is 5.84. The van der Waals surface area contributed by atoms with Crippen molar-refractivity contribution in [2.75, 3.05) is 39.2 Å². The van der Waals surface area contributed by atoms with Crippen LogP contribution in [-0.2, 0) is 4.79 Å². The lowest BCUT2D eigenvalue weighted by atomic mass is 10.2. The molecule has 0 aliphatic heterocycles. The third-order valence-corrected chi connectivity index (χ3v) is 3.95. The molecular weight excluding hydrogens is 379 g/mol. The van der Waals surface area contributed by atoms with Gasteiger partial charge in [0.25, 0.3) is 5.91 Å². The number of likely N-dealkylation sites (N-methyl/N-ethyl adjacent to an activating group) is 1. The highest BCUT2D eigenvalue weighted by molar-refractivity contribution is 5.99. The fraction of sp³-hybridized carbons (Fsp3) is 0.333. The normalized spacial score (nSPS) is 10.2. The number of benzene rings is 2. The van der Waals surface area contributed by atoms with Gasteiger partial charge >= 0.3 is 0 Å². The number of rotatable bonds is 9. The van der Waals surface area contributed by atoms with E-state index in [2.05, 4.69) is 5.32 Å². The zero-order valence-corrected chi connectivity index (χ0v) is 17.0. The van der Waals surface area contributed by atoms with Crippen LogP contribution in [0.4, 0.5) is 10.1 Å². The number of anilines is 1.